The molecule has 100 valence electrons. The van der Waals surface area contributed by atoms with Crippen molar-refractivity contribution in [3.63, 3.8) is 0 Å². The Labute approximate surface area is 117 Å². The van der Waals surface area contributed by atoms with Gasteiger partial charge in [-0.25, -0.2) is 0 Å². The van der Waals surface area contributed by atoms with Crippen molar-refractivity contribution >= 4 is 15.9 Å². The maximum atomic E-state index is 5.64. The number of nitrogens with one attached hydrogen (secondary N) is 1. The van der Waals surface area contributed by atoms with E-state index in [0.717, 1.165) is 23.0 Å². The lowest BCUT2D eigenvalue weighted by atomic mass is 10.0. The summed E-state index contributed by atoms with van der Waals surface area (Å²) in [6.45, 7) is 3.31. The molecule has 0 aromatic carbocycles. The molecule has 3 rings (SSSR count). The van der Waals surface area contributed by atoms with Crippen LogP contribution in [0.4, 0.5) is 0 Å². The van der Waals surface area contributed by atoms with E-state index in [0.29, 0.717) is 6.04 Å². The van der Waals surface area contributed by atoms with Crippen LogP contribution < -0.4 is 5.32 Å². The normalized spacial score (nSPS) is 24.7. The van der Waals surface area contributed by atoms with Gasteiger partial charge >= 0.3 is 0 Å². The maximum absolute atomic E-state index is 5.64. The fourth-order valence-electron chi connectivity index (χ4n) is 2.78. The van der Waals surface area contributed by atoms with Gasteiger partial charge in [0.15, 0.2) is 4.67 Å². The molecule has 0 radical (unpaired) electrons. The van der Waals surface area contributed by atoms with Crippen LogP contribution >= 0.6 is 15.9 Å². The molecule has 2 heterocycles. The van der Waals surface area contributed by atoms with Crippen LogP contribution in [0.1, 0.15) is 37.9 Å². The van der Waals surface area contributed by atoms with Gasteiger partial charge in [0, 0.05) is 18.6 Å². The molecule has 1 aromatic rings. The molecule has 2 fully saturated rings. The van der Waals surface area contributed by atoms with Gasteiger partial charge in [-0.1, -0.05) is 6.42 Å². The van der Waals surface area contributed by atoms with Crippen molar-refractivity contribution < 1.29 is 4.42 Å². The van der Waals surface area contributed by atoms with E-state index in [-0.39, 0.29) is 0 Å². The molecule has 1 unspecified atom stereocenters. The van der Waals surface area contributed by atoms with Gasteiger partial charge in [-0.3, -0.25) is 4.90 Å². The van der Waals surface area contributed by atoms with Crippen molar-refractivity contribution in [3.05, 3.63) is 22.6 Å². The van der Waals surface area contributed by atoms with Crippen LogP contribution in [0.2, 0.25) is 0 Å². The zero-order valence-electron chi connectivity index (χ0n) is 10.7. The molecule has 1 aromatic heterocycles. The summed E-state index contributed by atoms with van der Waals surface area (Å²) in [5, 5.41) is 3.64. The summed E-state index contributed by atoms with van der Waals surface area (Å²) < 4.78 is 6.47. The number of furan rings is 1. The molecule has 3 nitrogen and oxygen atoms in total. The van der Waals surface area contributed by atoms with Crippen LogP contribution in [0, 0.1) is 0 Å². The minimum absolute atomic E-state index is 0.678. The molecular weight excluding hydrogens is 292 g/mol. The Bertz CT molecular complexity index is 383. The average Bonchev–Trinajstić information content (AvgIpc) is 3.15. The van der Waals surface area contributed by atoms with Gasteiger partial charge in [0.1, 0.15) is 5.76 Å². The molecular formula is C14H21BrN2O. The van der Waals surface area contributed by atoms with Crippen molar-refractivity contribution in [1.82, 2.24) is 10.2 Å². The van der Waals surface area contributed by atoms with Crippen LogP contribution in [0.25, 0.3) is 0 Å². The van der Waals surface area contributed by atoms with Gasteiger partial charge in [-0.05, 0) is 60.3 Å². The molecule has 1 saturated heterocycles. The van der Waals surface area contributed by atoms with Crippen molar-refractivity contribution in [2.24, 2.45) is 0 Å². The molecule has 1 aliphatic heterocycles. The highest BCUT2D eigenvalue weighted by molar-refractivity contribution is 9.10. The Balaban J connectivity index is 1.57. The van der Waals surface area contributed by atoms with E-state index in [9.17, 15) is 0 Å². The number of hydrogen-bond donors (Lipinski definition) is 1. The van der Waals surface area contributed by atoms with Crippen LogP contribution in [-0.2, 0) is 6.54 Å². The molecule has 1 saturated carbocycles. The van der Waals surface area contributed by atoms with Crippen LogP contribution in [0.15, 0.2) is 21.2 Å². The van der Waals surface area contributed by atoms with E-state index in [2.05, 4.69) is 32.2 Å². The van der Waals surface area contributed by atoms with Crippen LogP contribution in [-0.4, -0.2) is 30.1 Å². The third-order valence-corrected chi connectivity index (χ3v) is 4.34. The zero-order chi connectivity index (χ0) is 12.4. The number of rotatable bonds is 5. The fraction of sp³-hybridized carbons (Fsp3) is 0.714. The van der Waals surface area contributed by atoms with Gasteiger partial charge in [0.25, 0.3) is 0 Å². The molecule has 2 aliphatic rings. The summed E-state index contributed by atoms with van der Waals surface area (Å²) in [7, 11) is 0. The largest absolute Gasteiger partial charge is 0.453 e. The van der Waals surface area contributed by atoms with Gasteiger partial charge < -0.3 is 9.73 Å². The maximum Gasteiger partial charge on any atom is 0.169 e. The number of piperidine rings is 1. The molecule has 1 N–H and O–H groups in total. The molecule has 0 amide bonds. The minimum atomic E-state index is 0.678. The lowest BCUT2D eigenvalue weighted by molar-refractivity contribution is 0.194. The Morgan fingerprint density at radius 1 is 1.28 bits per heavy atom. The third kappa shape index (κ3) is 3.37. The van der Waals surface area contributed by atoms with Gasteiger partial charge in [-0.2, -0.15) is 0 Å². The lowest BCUT2D eigenvalue weighted by Crippen LogP contribution is -2.44. The summed E-state index contributed by atoms with van der Waals surface area (Å²) in [6.07, 6.45) is 6.75. The third-order valence-electron chi connectivity index (χ3n) is 3.92. The van der Waals surface area contributed by atoms with E-state index in [4.69, 9.17) is 4.42 Å². The molecule has 0 spiro atoms. The highest BCUT2D eigenvalue weighted by Gasteiger charge is 2.31. The predicted molar refractivity (Wildman–Crippen MR) is 75.5 cm³/mol. The van der Waals surface area contributed by atoms with Crippen LogP contribution in [0.5, 0.6) is 0 Å². The van der Waals surface area contributed by atoms with Crippen molar-refractivity contribution in [2.45, 2.75) is 50.7 Å². The molecule has 18 heavy (non-hydrogen) atoms. The van der Waals surface area contributed by atoms with Crippen molar-refractivity contribution in [1.29, 1.82) is 0 Å². The van der Waals surface area contributed by atoms with E-state index >= 15 is 0 Å². The van der Waals surface area contributed by atoms with E-state index in [1.165, 1.54) is 45.2 Å². The highest BCUT2D eigenvalue weighted by atomic mass is 79.9. The summed E-state index contributed by atoms with van der Waals surface area (Å²) in [5.74, 6) is 1.07. The van der Waals surface area contributed by atoms with Gasteiger partial charge in [-0.15, -0.1) is 0 Å². The molecule has 1 atom stereocenters. The number of hydrogen-bond acceptors (Lipinski definition) is 3. The van der Waals surface area contributed by atoms with E-state index in [1.54, 1.807) is 0 Å². The first kappa shape index (κ1) is 12.7. The Hall–Kier alpha value is -0.320. The lowest BCUT2D eigenvalue weighted by Gasteiger charge is -2.30. The zero-order valence-corrected chi connectivity index (χ0v) is 12.3. The summed E-state index contributed by atoms with van der Waals surface area (Å²) in [4.78, 5) is 2.59. The predicted octanol–water partition coefficient (Wildman–Crippen LogP) is 3.15. The molecule has 0 bridgehead atoms. The number of nitrogens with zero attached hydrogens (tertiary/aromatic N) is 1. The van der Waals surface area contributed by atoms with Crippen LogP contribution in [0.3, 0.4) is 0 Å². The SMILES string of the molecule is Brc1ccc(CN(CC2CCCCN2)C2CC2)o1. The first-order chi connectivity index (χ1) is 8.81. The second-order valence-electron chi connectivity index (χ2n) is 5.51. The minimum Gasteiger partial charge on any atom is -0.453 e. The second-order valence-corrected chi connectivity index (χ2v) is 6.29. The number of halogens is 1. The van der Waals surface area contributed by atoms with E-state index in [1.807, 2.05) is 6.07 Å². The highest BCUT2D eigenvalue weighted by Crippen LogP contribution is 2.29. The standard InChI is InChI=1S/C14H21BrN2O/c15-14-7-6-13(18-14)10-17(12-4-5-12)9-11-3-1-2-8-16-11/h6-7,11-12,16H,1-5,8-10H2. The first-order valence-corrected chi connectivity index (χ1v) is 7.82. The summed E-state index contributed by atoms with van der Waals surface area (Å²) in [5.41, 5.74) is 0. The Morgan fingerprint density at radius 2 is 2.17 bits per heavy atom. The Morgan fingerprint density at radius 3 is 2.78 bits per heavy atom. The van der Waals surface area contributed by atoms with E-state index < -0.39 is 0 Å². The quantitative estimate of drug-likeness (QED) is 0.905. The molecule has 1 aliphatic carbocycles. The first-order valence-electron chi connectivity index (χ1n) is 7.03. The Kier molecular flexibility index (Phi) is 4.07. The average molecular weight is 313 g/mol. The van der Waals surface area contributed by atoms with Crippen molar-refractivity contribution in [3.8, 4) is 0 Å². The second kappa shape index (κ2) is 5.76. The van der Waals surface area contributed by atoms with Gasteiger partial charge in [0.2, 0.25) is 0 Å². The summed E-state index contributed by atoms with van der Waals surface area (Å²) in [6, 6.07) is 5.53. The fourth-order valence-corrected chi connectivity index (χ4v) is 3.12. The topological polar surface area (TPSA) is 28.4 Å². The van der Waals surface area contributed by atoms with Crippen molar-refractivity contribution in [2.75, 3.05) is 13.1 Å². The van der Waals surface area contributed by atoms with Gasteiger partial charge in [0.05, 0.1) is 6.54 Å². The molecule has 4 heteroatoms. The summed E-state index contributed by atoms with van der Waals surface area (Å²) >= 11 is 3.38. The smallest absolute Gasteiger partial charge is 0.169 e. The monoisotopic (exact) mass is 312 g/mol.